The minimum Gasteiger partial charge on any atom is -0.341 e. The second-order valence-corrected chi connectivity index (χ2v) is 11.5. The van der Waals surface area contributed by atoms with Crippen molar-refractivity contribution in [2.45, 2.75) is 69.5 Å². The van der Waals surface area contributed by atoms with Gasteiger partial charge in [-0.15, -0.1) is 0 Å². The number of hydrogen-bond donors (Lipinski definition) is 3. The molecule has 36 heavy (non-hydrogen) atoms. The summed E-state index contributed by atoms with van der Waals surface area (Å²) in [5, 5.41) is 3.15. The molecular weight excluding hydrogens is 482 g/mol. The second kappa shape index (κ2) is 13.3. The average molecular weight is 522 g/mol. The maximum Gasteiger partial charge on any atom is 0.247 e. The summed E-state index contributed by atoms with van der Waals surface area (Å²) in [4.78, 5) is 43.8. The number of benzene rings is 1. The van der Waals surface area contributed by atoms with Crippen molar-refractivity contribution in [2.24, 2.45) is 5.73 Å². The van der Waals surface area contributed by atoms with Gasteiger partial charge in [-0.25, -0.2) is 13.1 Å². The largest absolute Gasteiger partial charge is 0.341 e. The predicted molar refractivity (Wildman–Crippen MR) is 137 cm³/mol. The van der Waals surface area contributed by atoms with Crippen LogP contribution in [0.1, 0.15) is 50.5 Å². The first-order valence-corrected chi connectivity index (χ1v) is 14.7. The maximum atomic E-state index is 13.7. The normalized spacial score (nSPS) is 19.7. The van der Waals surface area contributed by atoms with Crippen LogP contribution in [0.4, 0.5) is 0 Å². The lowest BCUT2D eigenvalue weighted by Gasteiger charge is -2.35. The van der Waals surface area contributed by atoms with Crippen LogP contribution in [0, 0.1) is 0 Å². The SMILES string of the molecule is CS(=O)(=O)NCCCCC(C(=O)N1CCCC1)N(C(=O)[C@@H]1CCCN1)C(=O)[C@@H](N)Cc1ccccc1. The van der Waals surface area contributed by atoms with Gasteiger partial charge in [0.2, 0.25) is 27.7 Å². The van der Waals surface area contributed by atoms with Gasteiger partial charge in [0, 0.05) is 19.6 Å². The Bertz CT molecular complexity index is 991. The van der Waals surface area contributed by atoms with Crippen LogP contribution in [0.25, 0.3) is 0 Å². The zero-order valence-electron chi connectivity index (χ0n) is 21.0. The van der Waals surface area contributed by atoms with Gasteiger partial charge >= 0.3 is 0 Å². The predicted octanol–water partition coefficient (Wildman–Crippen LogP) is 0.374. The lowest BCUT2D eigenvalue weighted by Crippen LogP contribution is -2.60. The molecule has 0 bridgehead atoms. The lowest BCUT2D eigenvalue weighted by atomic mass is 10.0. The number of nitrogens with zero attached hydrogens (tertiary/aromatic N) is 2. The monoisotopic (exact) mass is 521 g/mol. The van der Waals surface area contributed by atoms with Gasteiger partial charge < -0.3 is 16.0 Å². The van der Waals surface area contributed by atoms with Crippen LogP contribution < -0.4 is 15.8 Å². The van der Waals surface area contributed by atoms with E-state index in [0.29, 0.717) is 38.9 Å². The number of carbonyl (C=O) groups is 3. The van der Waals surface area contributed by atoms with Gasteiger partial charge in [-0.1, -0.05) is 30.3 Å². The van der Waals surface area contributed by atoms with Gasteiger partial charge in [-0.05, 0) is 63.5 Å². The van der Waals surface area contributed by atoms with Crippen LogP contribution in [0.5, 0.6) is 0 Å². The summed E-state index contributed by atoms with van der Waals surface area (Å²) in [5.41, 5.74) is 7.21. The summed E-state index contributed by atoms with van der Waals surface area (Å²) in [5.74, 6) is -1.20. The Labute approximate surface area is 214 Å². The van der Waals surface area contributed by atoms with Crippen molar-refractivity contribution in [1.29, 1.82) is 0 Å². The first-order chi connectivity index (χ1) is 17.2. The number of imide groups is 1. The smallest absolute Gasteiger partial charge is 0.247 e. The van der Waals surface area contributed by atoms with Crippen molar-refractivity contribution in [2.75, 3.05) is 32.4 Å². The molecule has 2 fully saturated rings. The summed E-state index contributed by atoms with van der Waals surface area (Å²) in [6.45, 7) is 2.09. The van der Waals surface area contributed by atoms with E-state index in [2.05, 4.69) is 10.0 Å². The molecule has 4 N–H and O–H groups in total. The number of unbranched alkanes of at least 4 members (excludes halogenated alkanes) is 1. The Kier molecular flexibility index (Phi) is 10.4. The average Bonchev–Trinajstić information content (AvgIpc) is 3.57. The third kappa shape index (κ3) is 8.09. The topological polar surface area (TPSA) is 142 Å². The Morgan fingerprint density at radius 2 is 1.83 bits per heavy atom. The molecule has 0 aliphatic carbocycles. The third-order valence-electron chi connectivity index (χ3n) is 6.73. The van der Waals surface area contributed by atoms with Gasteiger partial charge in [0.15, 0.2) is 0 Å². The van der Waals surface area contributed by atoms with Crippen molar-refractivity contribution in [3.05, 3.63) is 35.9 Å². The fourth-order valence-corrected chi connectivity index (χ4v) is 5.36. The van der Waals surface area contributed by atoms with Crippen LogP contribution in [0.3, 0.4) is 0 Å². The number of rotatable bonds is 12. The number of amides is 3. The first-order valence-electron chi connectivity index (χ1n) is 12.8. The van der Waals surface area contributed by atoms with Crippen molar-refractivity contribution in [3.8, 4) is 0 Å². The number of hydrogen-bond acceptors (Lipinski definition) is 7. The van der Waals surface area contributed by atoms with Crippen LogP contribution in [0.15, 0.2) is 30.3 Å². The van der Waals surface area contributed by atoms with Gasteiger partial charge in [0.1, 0.15) is 6.04 Å². The molecule has 2 aliphatic rings. The van der Waals surface area contributed by atoms with Crippen LogP contribution >= 0.6 is 0 Å². The molecule has 2 heterocycles. The molecule has 200 valence electrons. The molecule has 1 aromatic rings. The molecule has 2 aliphatic heterocycles. The van der Waals surface area contributed by atoms with E-state index < -0.39 is 40.0 Å². The van der Waals surface area contributed by atoms with Gasteiger partial charge in [-0.2, -0.15) is 0 Å². The molecule has 0 radical (unpaired) electrons. The number of nitrogens with two attached hydrogens (primary N) is 1. The number of likely N-dealkylation sites (tertiary alicyclic amines) is 1. The van der Waals surface area contributed by atoms with E-state index in [1.54, 1.807) is 4.90 Å². The standard InChI is InChI=1S/C25H39N5O5S/c1-36(34,35)28-15-6-5-13-22(25(33)29-16-7-8-17-29)30(24(32)21-12-9-14-27-21)23(31)20(26)18-19-10-3-2-4-11-19/h2-4,10-11,20-22,27-28H,5-9,12-18,26H2,1H3/t20-,21-,22?/m0/s1. The first kappa shape index (κ1) is 28.2. The molecule has 10 nitrogen and oxygen atoms in total. The van der Waals surface area contributed by atoms with E-state index in [1.165, 1.54) is 0 Å². The number of nitrogens with one attached hydrogen (secondary N) is 2. The molecule has 11 heteroatoms. The molecule has 0 spiro atoms. The summed E-state index contributed by atoms with van der Waals surface area (Å²) < 4.78 is 25.2. The highest BCUT2D eigenvalue weighted by molar-refractivity contribution is 7.88. The highest BCUT2D eigenvalue weighted by Crippen LogP contribution is 2.21. The van der Waals surface area contributed by atoms with E-state index in [1.807, 2.05) is 30.3 Å². The Morgan fingerprint density at radius 3 is 2.44 bits per heavy atom. The fourth-order valence-electron chi connectivity index (χ4n) is 4.84. The second-order valence-electron chi connectivity index (χ2n) is 9.70. The van der Waals surface area contributed by atoms with E-state index in [4.69, 9.17) is 5.73 Å². The fraction of sp³-hybridized carbons (Fsp3) is 0.640. The van der Waals surface area contributed by atoms with E-state index >= 15 is 0 Å². The molecule has 1 aromatic carbocycles. The maximum absolute atomic E-state index is 13.7. The van der Waals surface area contributed by atoms with Gasteiger partial charge in [0.25, 0.3) is 0 Å². The van der Waals surface area contributed by atoms with E-state index in [9.17, 15) is 22.8 Å². The molecule has 0 aromatic heterocycles. The van der Waals surface area contributed by atoms with Crippen LogP contribution in [-0.2, 0) is 30.8 Å². The summed E-state index contributed by atoms with van der Waals surface area (Å²) in [6, 6.07) is 6.88. The van der Waals surface area contributed by atoms with Crippen LogP contribution in [0.2, 0.25) is 0 Å². The van der Waals surface area contributed by atoms with Gasteiger partial charge in [-0.3, -0.25) is 19.3 Å². The summed E-state index contributed by atoms with van der Waals surface area (Å²) in [6.07, 6.45) is 5.73. The zero-order valence-corrected chi connectivity index (χ0v) is 21.8. The summed E-state index contributed by atoms with van der Waals surface area (Å²) in [7, 11) is -3.32. The van der Waals surface area contributed by atoms with Crippen molar-refractivity contribution < 1.29 is 22.8 Å². The molecule has 0 saturated carbocycles. The Balaban J connectivity index is 1.83. The Morgan fingerprint density at radius 1 is 1.14 bits per heavy atom. The Hall–Kier alpha value is -2.34. The number of carbonyl (C=O) groups excluding carboxylic acids is 3. The van der Waals surface area contributed by atoms with Crippen molar-refractivity contribution >= 4 is 27.7 Å². The highest BCUT2D eigenvalue weighted by atomic mass is 32.2. The highest BCUT2D eigenvalue weighted by Gasteiger charge is 2.42. The number of sulfonamides is 1. The van der Waals surface area contributed by atoms with Crippen LogP contribution in [-0.4, -0.2) is 86.5 Å². The quantitative estimate of drug-likeness (QED) is 0.338. The van der Waals surface area contributed by atoms with Crippen molar-refractivity contribution in [3.63, 3.8) is 0 Å². The minimum atomic E-state index is -3.32. The lowest BCUT2D eigenvalue weighted by molar-refractivity contribution is -0.156. The van der Waals surface area contributed by atoms with E-state index in [0.717, 1.165) is 36.0 Å². The molecular formula is C25H39N5O5S. The molecule has 1 unspecified atom stereocenters. The summed E-state index contributed by atoms with van der Waals surface area (Å²) >= 11 is 0. The molecule has 3 atom stereocenters. The molecule has 2 saturated heterocycles. The minimum absolute atomic E-state index is 0.225. The molecule has 3 amide bonds. The van der Waals surface area contributed by atoms with E-state index in [-0.39, 0.29) is 25.3 Å². The third-order valence-corrected chi connectivity index (χ3v) is 7.46. The van der Waals surface area contributed by atoms with Crippen molar-refractivity contribution in [1.82, 2.24) is 19.8 Å². The zero-order chi connectivity index (χ0) is 26.1. The van der Waals surface area contributed by atoms with Gasteiger partial charge in [0.05, 0.1) is 18.3 Å². The molecule has 3 rings (SSSR count).